The molecular formula is C17H24N4O2S. The number of likely N-dealkylation sites (tertiary alicyclic amines) is 1. The summed E-state index contributed by atoms with van der Waals surface area (Å²) in [6, 6.07) is 6.95. The van der Waals surface area contributed by atoms with Gasteiger partial charge in [0.2, 0.25) is 10.0 Å². The number of piperidine rings is 1. The third-order valence-electron chi connectivity index (χ3n) is 4.45. The van der Waals surface area contributed by atoms with E-state index in [0.717, 1.165) is 43.7 Å². The van der Waals surface area contributed by atoms with Crippen LogP contribution in [0.4, 0.5) is 0 Å². The summed E-state index contributed by atoms with van der Waals surface area (Å²) in [4.78, 5) is 9.84. The molecule has 2 N–H and O–H groups in total. The molecule has 1 atom stereocenters. The molecule has 0 spiro atoms. The smallest absolute Gasteiger partial charge is 0.240 e. The highest BCUT2D eigenvalue weighted by atomic mass is 32.2. The number of aryl methyl sites for hydroxylation is 1. The van der Waals surface area contributed by atoms with Crippen LogP contribution >= 0.6 is 0 Å². The lowest BCUT2D eigenvalue weighted by atomic mass is 9.98. The first-order valence-electron chi connectivity index (χ1n) is 8.29. The van der Waals surface area contributed by atoms with Crippen LogP contribution in [-0.4, -0.2) is 42.9 Å². The van der Waals surface area contributed by atoms with Gasteiger partial charge in [-0.15, -0.1) is 0 Å². The first-order valence-corrected chi connectivity index (χ1v) is 9.77. The summed E-state index contributed by atoms with van der Waals surface area (Å²) in [7, 11) is -3.43. The maximum Gasteiger partial charge on any atom is 0.240 e. The van der Waals surface area contributed by atoms with Crippen LogP contribution in [0.5, 0.6) is 0 Å². The van der Waals surface area contributed by atoms with Gasteiger partial charge >= 0.3 is 0 Å². The number of benzene rings is 1. The Kier molecular flexibility index (Phi) is 5.33. The Morgan fingerprint density at radius 3 is 2.83 bits per heavy atom. The molecule has 0 saturated carbocycles. The van der Waals surface area contributed by atoms with E-state index in [-0.39, 0.29) is 0 Å². The predicted octanol–water partition coefficient (Wildman–Crippen LogP) is 1.91. The summed E-state index contributed by atoms with van der Waals surface area (Å²) in [5.74, 6) is 0.335. The number of aromatic nitrogens is 2. The van der Waals surface area contributed by atoms with Crippen molar-refractivity contribution in [2.75, 3.05) is 19.6 Å². The Bertz CT molecular complexity index is 741. The van der Waals surface area contributed by atoms with Crippen molar-refractivity contribution in [3.63, 3.8) is 0 Å². The van der Waals surface area contributed by atoms with Gasteiger partial charge in [0.1, 0.15) is 0 Å². The minimum atomic E-state index is -3.43. The second kappa shape index (κ2) is 7.46. The molecular weight excluding hydrogens is 324 g/mol. The average Bonchev–Trinajstić information content (AvgIpc) is 3.07. The Morgan fingerprint density at radius 1 is 1.33 bits per heavy atom. The molecule has 1 aromatic carbocycles. The van der Waals surface area contributed by atoms with Crippen molar-refractivity contribution >= 4 is 10.0 Å². The largest absolute Gasteiger partial charge is 0.347 e. The zero-order valence-electron chi connectivity index (χ0n) is 13.9. The second-order valence-corrected chi connectivity index (χ2v) is 8.25. The van der Waals surface area contributed by atoms with E-state index in [4.69, 9.17) is 0 Å². The number of aromatic amines is 1. The predicted molar refractivity (Wildman–Crippen MR) is 93.0 cm³/mol. The zero-order valence-corrected chi connectivity index (χ0v) is 14.7. The fraction of sp³-hybridized carbons (Fsp3) is 0.471. The molecule has 2 heterocycles. The number of H-pyrrole nitrogens is 1. The number of imidazole rings is 1. The van der Waals surface area contributed by atoms with Gasteiger partial charge in [-0.2, -0.15) is 0 Å². The van der Waals surface area contributed by atoms with Gasteiger partial charge in [-0.25, -0.2) is 18.1 Å². The van der Waals surface area contributed by atoms with Crippen molar-refractivity contribution in [3.8, 4) is 0 Å². The molecule has 7 heteroatoms. The highest BCUT2D eigenvalue weighted by molar-refractivity contribution is 7.89. The van der Waals surface area contributed by atoms with Crippen LogP contribution in [0.1, 0.15) is 24.1 Å². The lowest BCUT2D eigenvalue weighted by Crippen LogP contribution is -2.40. The van der Waals surface area contributed by atoms with Gasteiger partial charge in [0.05, 0.1) is 11.2 Å². The number of hydrogen-bond donors (Lipinski definition) is 2. The van der Waals surface area contributed by atoms with Crippen molar-refractivity contribution in [2.24, 2.45) is 5.92 Å². The second-order valence-electron chi connectivity index (χ2n) is 6.49. The highest BCUT2D eigenvalue weighted by Gasteiger charge is 2.22. The molecule has 2 aromatic rings. The standard InChI is InChI=1S/C17H24N4O2S/c1-14-4-6-17(7-5-14)24(22,23)20-9-15-3-2-8-21(11-15)12-16-10-18-13-19-16/h4-7,10,13,15,20H,2-3,8-9,11-12H2,1H3,(H,18,19)/t15-/m0/s1. The molecule has 0 bridgehead atoms. The summed E-state index contributed by atoms with van der Waals surface area (Å²) in [6.07, 6.45) is 5.66. The molecule has 3 rings (SSSR count). The Hall–Kier alpha value is -1.70. The molecule has 1 saturated heterocycles. The Labute approximate surface area is 143 Å². The van der Waals surface area contributed by atoms with E-state index in [9.17, 15) is 8.42 Å². The van der Waals surface area contributed by atoms with E-state index < -0.39 is 10.0 Å². The summed E-state index contributed by atoms with van der Waals surface area (Å²) >= 11 is 0. The number of nitrogens with one attached hydrogen (secondary N) is 2. The van der Waals surface area contributed by atoms with Crippen molar-refractivity contribution in [3.05, 3.63) is 48.0 Å². The van der Waals surface area contributed by atoms with E-state index in [1.165, 1.54) is 0 Å². The fourth-order valence-electron chi connectivity index (χ4n) is 3.10. The minimum Gasteiger partial charge on any atom is -0.347 e. The first-order chi connectivity index (χ1) is 11.5. The third-order valence-corrected chi connectivity index (χ3v) is 5.88. The van der Waals surface area contributed by atoms with Crippen molar-refractivity contribution in [2.45, 2.75) is 31.2 Å². The van der Waals surface area contributed by atoms with Crippen LogP contribution in [-0.2, 0) is 16.6 Å². The molecule has 24 heavy (non-hydrogen) atoms. The van der Waals surface area contributed by atoms with Gasteiger partial charge in [-0.1, -0.05) is 17.7 Å². The first kappa shape index (κ1) is 17.1. The Morgan fingerprint density at radius 2 is 2.12 bits per heavy atom. The average molecular weight is 348 g/mol. The van der Waals surface area contributed by atoms with E-state index in [1.54, 1.807) is 18.5 Å². The number of hydrogen-bond acceptors (Lipinski definition) is 4. The van der Waals surface area contributed by atoms with Gasteiger partial charge in [0.25, 0.3) is 0 Å². The lowest BCUT2D eigenvalue weighted by Gasteiger charge is -2.32. The molecule has 0 radical (unpaired) electrons. The Balaban J connectivity index is 1.54. The summed E-state index contributed by atoms with van der Waals surface area (Å²) in [5, 5.41) is 0. The summed E-state index contributed by atoms with van der Waals surface area (Å²) in [6.45, 7) is 5.20. The molecule has 6 nitrogen and oxygen atoms in total. The maximum absolute atomic E-state index is 12.4. The number of nitrogens with zero attached hydrogens (tertiary/aromatic N) is 2. The van der Waals surface area contributed by atoms with Crippen LogP contribution in [0.25, 0.3) is 0 Å². The molecule has 130 valence electrons. The van der Waals surface area contributed by atoms with Crippen molar-refractivity contribution < 1.29 is 8.42 Å². The van der Waals surface area contributed by atoms with Crippen LogP contribution in [0.2, 0.25) is 0 Å². The molecule has 1 aromatic heterocycles. The van der Waals surface area contributed by atoms with E-state index in [2.05, 4.69) is 19.6 Å². The van der Waals surface area contributed by atoms with Crippen LogP contribution in [0.15, 0.2) is 41.7 Å². The van der Waals surface area contributed by atoms with Gasteiger partial charge in [-0.05, 0) is 44.4 Å². The maximum atomic E-state index is 12.4. The summed E-state index contributed by atoms with van der Waals surface area (Å²) in [5.41, 5.74) is 2.14. The molecule has 0 amide bonds. The SMILES string of the molecule is Cc1ccc(S(=O)(=O)NC[C@@H]2CCCN(Cc3cnc[nH]3)C2)cc1. The van der Waals surface area contributed by atoms with E-state index in [0.29, 0.717) is 17.4 Å². The molecule has 1 fully saturated rings. The van der Waals surface area contributed by atoms with E-state index in [1.807, 2.05) is 25.3 Å². The van der Waals surface area contributed by atoms with Crippen molar-refractivity contribution in [1.82, 2.24) is 19.6 Å². The molecule has 0 aliphatic carbocycles. The number of sulfonamides is 1. The zero-order chi connectivity index (χ0) is 17.0. The number of rotatable bonds is 6. The van der Waals surface area contributed by atoms with Gasteiger partial charge in [0.15, 0.2) is 0 Å². The molecule has 0 unspecified atom stereocenters. The van der Waals surface area contributed by atoms with Gasteiger partial charge < -0.3 is 4.98 Å². The normalized spacial score (nSPS) is 19.5. The molecule has 1 aliphatic heterocycles. The van der Waals surface area contributed by atoms with Crippen molar-refractivity contribution in [1.29, 1.82) is 0 Å². The minimum absolute atomic E-state index is 0.332. The third kappa shape index (κ3) is 4.43. The van der Waals surface area contributed by atoms with Crippen LogP contribution in [0.3, 0.4) is 0 Å². The fourth-order valence-corrected chi connectivity index (χ4v) is 4.22. The summed E-state index contributed by atoms with van der Waals surface area (Å²) < 4.78 is 27.5. The lowest BCUT2D eigenvalue weighted by molar-refractivity contribution is 0.167. The van der Waals surface area contributed by atoms with Crippen LogP contribution < -0.4 is 4.72 Å². The topological polar surface area (TPSA) is 78.1 Å². The monoisotopic (exact) mass is 348 g/mol. The van der Waals surface area contributed by atoms with Gasteiger partial charge in [-0.3, -0.25) is 4.90 Å². The van der Waals surface area contributed by atoms with Crippen LogP contribution in [0, 0.1) is 12.8 Å². The molecule has 1 aliphatic rings. The van der Waals surface area contributed by atoms with E-state index >= 15 is 0 Å². The quantitative estimate of drug-likeness (QED) is 0.836. The highest BCUT2D eigenvalue weighted by Crippen LogP contribution is 2.18. The van der Waals surface area contributed by atoms with Gasteiger partial charge in [0, 0.05) is 31.5 Å².